The standard InChI is InChI=1S/C18H18FN3S/c1-3-22-17(15-6-4-5-13(2)11-15)20-21-18(22)23-12-14-7-9-16(19)10-8-14/h4-11H,3,12H2,1-2H3. The predicted octanol–water partition coefficient (Wildman–Crippen LogP) is 4.70. The van der Waals surface area contributed by atoms with Crippen molar-refractivity contribution >= 4 is 11.8 Å². The van der Waals surface area contributed by atoms with Crippen LogP contribution in [0.1, 0.15) is 18.1 Å². The molecule has 0 bridgehead atoms. The first kappa shape index (κ1) is 15.7. The zero-order chi connectivity index (χ0) is 16.2. The van der Waals surface area contributed by atoms with Gasteiger partial charge in [-0.1, -0.05) is 47.7 Å². The molecule has 0 fully saturated rings. The third kappa shape index (κ3) is 3.62. The van der Waals surface area contributed by atoms with Crippen LogP contribution in [0, 0.1) is 12.7 Å². The number of aromatic nitrogens is 3. The van der Waals surface area contributed by atoms with Gasteiger partial charge in [-0.15, -0.1) is 10.2 Å². The van der Waals surface area contributed by atoms with Gasteiger partial charge in [-0.25, -0.2) is 4.39 Å². The van der Waals surface area contributed by atoms with Gasteiger partial charge in [0.2, 0.25) is 0 Å². The quantitative estimate of drug-likeness (QED) is 0.636. The van der Waals surface area contributed by atoms with Crippen molar-refractivity contribution in [3.63, 3.8) is 0 Å². The maximum atomic E-state index is 13.0. The molecule has 3 aromatic rings. The first-order valence-corrected chi connectivity index (χ1v) is 8.53. The minimum atomic E-state index is -0.211. The van der Waals surface area contributed by atoms with Gasteiger partial charge in [0.15, 0.2) is 11.0 Å². The molecule has 1 heterocycles. The van der Waals surface area contributed by atoms with Crippen molar-refractivity contribution in [2.45, 2.75) is 31.3 Å². The monoisotopic (exact) mass is 327 g/mol. The van der Waals surface area contributed by atoms with Crippen molar-refractivity contribution in [3.8, 4) is 11.4 Å². The number of rotatable bonds is 5. The molecule has 0 atom stereocenters. The average Bonchev–Trinajstić information content (AvgIpc) is 2.97. The molecule has 2 aromatic carbocycles. The molecule has 3 nitrogen and oxygen atoms in total. The molecule has 0 unspecified atom stereocenters. The molecular weight excluding hydrogens is 309 g/mol. The van der Waals surface area contributed by atoms with Gasteiger partial charge in [0, 0.05) is 17.9 Å². The highest BCUT2D eigenvalue weighted by Gasteiger charge is 2.13. The van der Waals surface area contributed by atoms with E-state index < -0.39 is 0 Å². The highest BCUT2D eigenvalue weighted by molar-refractivity contribution is 7.98. The number of thioether (sulfide) groups is 1. The van der Waals surface area contributed by atoms with Crippen LogP contribution in [0.25, 0.3) is 11.4 Å². The first-order chi connectivity index (χ1) is 11.2. The maximum absolute atomic E-state index is 13.0. The van der Waals surface area contributed by atoms with E-state index in [0.717, 1.165) is 34.4 Å². The summed E-state index contributed by atoms with van der Waals surface area (Å²) < 4.78 is 15.1. The smallest absolute Gasteiger partial charge is 0.191 e. The van der Waals surface area contributed by atoms with Gasteiger partial charge in [-0.05, 0) is 37.6 Å². The molecule has 0 aliphatic carbocycles. The predicted molar refractivity (Wildman–Crippen MR) is 91.8 cm³/mol. The molecule has 0 N–H and O–H groups in total. The number of aryl methyl sites for hydroxylation is 1. The van der Waals surface area contributed by atoms with Crippen LogP contribution in [0.3, 0.4) is 0 Å². The van der Waals surface area contributed by atoms with Crippen LogP contribution in [-0.2, 0) is 12.3 Å². The number of halogens is 1. The molecule has 0 spiro atoms. The molecular formula is C18H18FN3S. The minimum absolute atomic E-state index is 0.211. The van der Waals surface area contributed by atoms with Crippen molar-refractivity contribution in [1.82, 2.24) is 14.8 Å². The largest absolute Gasteiger partial charge is 0.302 e. The van der Waals surface area contributed by atoms with Gasteiger partial charge in [0.1, 0.15) is 5.82 Å². The summed E-state index contributed by atoms with van der Waals surface area (Å²) in [6.45, 7) is 4.97. The van der Waals surface area contributed by atoms with Crippen LogP contribution in [0.2, 0.25) is 0 Å². The molecule has 1 aromatic heterocycles. The van der Waals surface area contributed by atoms with Crippen LogP contribution >= 0.6 is 11.8 Å². The Morgan fingerprint density at radius 1 is 1.09 bits per heavy atom. The molecule has 0 saturated carbocycles. The average molecular weight is 327 g/mol. The molecule has 0 aliphatic heterocycles. The van der Waals surface area contributed by atoms with Crippen molar-refractivity contribution in [2.24, 2.45) is 0 Å². The molecule has 118 valence electrons. The minimum Gasteiger partial charge on any atom is -0.302 e. The third-order valence-corrected chi connectivity index (χ3v) is 4.63. The van der Waals surface area contributed by atoms with Crippen molar-refractivity contribution < 1.29 is 4.39 Å². The van der Waals surface area contributed by atoms with Crippen molar-refractivity contribution in [2.75, 3.05) is 0 Å². The van der Waals surface area contributed by atoms with Gasteiger partial charge in [-0.2, -0.15) is 0 Å². The Kier molecular flexibility index (Phi) is 4.76. The summed E-state index contributed by atoms with van der Waals surface area (Å²) in [4.78, 5) is 0. The van der Waals surface area contributed by atoms with Crippen molar-refractivity contribution in [3.05, 3.63) is 65.5 Å². The Morgan fingerprint density at radius 2 is 1.87 bits per heavy atom. The summed E-state index contributed by atoms with van der Waals surface area (Å²) in [7, 11) is 0. The van der Waals surface area contributed by atoms with E-state index in [4.69, 9.17) is 0 Å². The number of hydrogen-bond donors (Lipinski definition) is 0. The Morgan fingerprint density at radius 3 is 2.57 bits per heavy atom. The Labute approximate surface area is 139 Å². The molecule has 0 saturated heterocycles. The fourth-order valence-corrected chi connectivity index (χ4v) is 3.36. The van der Waals surface area contributed by atoms with E-state index in [1.165, 1.54) is 17.7 Å². The number of nitrogens with zero attached hydrogens (tertiary/aromatic N) is 3. The van der Waals surface area contributed by atoms with Crippen LogP contribution < -0.4 is 0 Å². The van der Waals surface area contributed by atoms with Crippen LogP contribution in [0.5, 0.6) is 0 Å². The van der Waals surface area contributed by atoms with E-state index in [2.05, 4.69) is 46.8 Å². The molecule has 0 aliphatic rings. The van der Waals surface area contributed by atoms with E-state index in [1.54, 1.807) is 23.9 Å². The SMILES string of the molecule is CCn1c(SCc2ccc(F)cc2)nnc1-c1cccc(C)c1. The topological polar surface area (TPSA) is 30.7 Å². The molecule has 0 radical (unpaired) electrons. The highest BCUT2D eigenvalue weighted by atomic mass is 32.2. The van der Waals surface area contributed by atoms with E-state index in [0.29, 0.717) is 0 Å². The fourth-order valence-electron chi connectivity index (χ4n) is 2.41. The van der Waals surface area contributed by atoms with Gasteiger partial charge in [0.05, 0.1) is 0 Å². The van der Waals surface area contributed by atoms with Crippen molar-refractivity contribution in [1.29, 1.82) is 0 Å². The van der Waals surface area contributed by atoms with E-state index >= 15 is 0 Å². The normalized spacial score (nSPS) is 10.9. The summed E-state index contributed by atoms with van der Waals surface area (Å²) >= 11 is 1.62. The van der Waals surface area contributed by atoms with Gasteiger partial charge < -0.3 is 4.57 Å². The van der Waals surface area contributed by atoms with Gasteiger partial charge >= 0.3 is 0 Å². The second-order valence-electron chi connectivity index (χ2n) is 5.34. The molecule has 5 heteroatoms. The zero-order valence-electron chi connectivity index (χ0n) is 13.2. The lowest BCUT2D eigenvalue weighted by Gasteiger charge is -2.08. The van der Waals surface area contributed by atoms with Crippen LogP contribution in [0.15, 0.2) is 53.7 Å². The zero-order valence-corrected chi connectivity index (χ0v) is 14.0. The van der Waals surface area contributed by atoms with E-state index in [-0.39, 0.29) is 5.82 Å². The Hall–Kier alpha value is -2.14. The molecule has 0 amide bonds. The summed E-state index contributed by atoms with van der Waals surface area (Å²) in [5.41, 5.74) is 3.35. The maximum Gasteiger partial charge on any atom is 0.191 e. The van der Waals surface area contributed by atoms with Gasteiger partial charge in [-0.3, -0.25) is 0 Å². The van der Waals surface area contributed by atoms with E-state index in [9.17, 15) is 4.39 Å². The lowest BCUT2D eigenvalue weighted by molar-refractivity contribution is 0.627. The Bertz CT molecular complexity index is 796. The summed E-state index contributed by atoms with van der Waals surface area (Å²) in [6.07, 6.45) is 0. The second-order valence-corrected chi connectivity index (χ2v) is 6.28. The van der Waals surface area contributed by atoms with E-state index in [1.807, 2.05) is 6.07 Å². The third-order valence-electron chi connectivity index (χ3n) is 3.59. The lowest BCUT2D eigenvalue weighted by Crippen LogP contribution is -2.00. The summed E-state index contributed by atoms with van der Waals surface area (Å²) in [5.74, 6) is 1.42. The Balaban J connectivity index is 1.82. The number of hydrogen-bond acceptors (Lipinski definition) is 3. The van der Waals surface area contributed by atoms with Crippen LogP contribution in [0.4, 0.5) is 4.39 Å². The van der Waals surface area contributed by atoms with Gasteiger partial charge in [0.25, 0.3) is 0 Å². The second kappa shape index (κ2) is 6.96. The molecule has 3 rings (SSSR count). The fraction of sp³-hybridized carbons (Fsp3) is 0.222. The first-order valence-electron chi connectivity index (χ1n) is 7.55. The summed E-state index contributed by atoms with van der Waals surface area (Å²) in [5, 5.41) is 9.57. The van der Waals surface area contributed by atoms with Crippen LogP contribution in [-0.4, -0.2) is 14.8 Å². The number of benzene rings is 2. The summed E-state index contributed by atoms with van der Waals surface area (Å²) in [6, 6.07) is 14.8. The molecule has 23 heavy (non-hydrogen) atoms. The highest BCUT2D eigenvalue weighted by Crippen LogP contribution is 2.26. The lowest BCUT2D eigenvalue weighted by atomic mass is 10.1.